The van der Waals surface area contributed by atoms with Crippen LogP contribution in [0.2, 0.25) is 0 Å². The molecule has 7 heteroatoms. The summed E-state index contributed by atoms with van der Waals surface area (Å²) in [5.41, 5.74) is 1.09. The molecule has 3 rings (SSSR count). The van der Waals surface area contributed by atoms with E-state index >= 15 is 0 Å². The van der Waals surface area contributed by atoms with Gasteiger partial charge in [0.25, 0.3) is 0 Å². The number of carboxylic acids is 1. The maximum Gasteiger partial charge on any atom is 0.313 e. The second-order valence-electron chi connectivity index (χ2n) is 7.89. The predicted octanol–water partition coefficient (Wildman–Crippen LogP) is 2.19. The van der Waals surface area contributed by atoms with Gasteiger partial charge in [-0.3, -0.25) is 9.69 Å². The first-order valence-electron chi connectivity index (χ1n) is 10.2. The first kappa shape index (κ1) is 21.5. The number of nitrogens with zero attached hydrogens (tertiary/aromatic N) is 3. The van der Waals surface area contributed by atoms with E-state index < -0.39 is 17.5 Å². The number of rotatable bonds is 10. The Balaban J connectivity index is 1.66. The van der Waals surface area contributed by atoms with Gasteiger partial charge in [-0.05, 0) is 31.2 Å². The number of aromatic nitrogens is 2. The van der Waals surface area contributed by atoms with Crippen LogP contribution >= 0.6 is 0 Å². The van der Waals surface area contributed by atoms with Crippen LogP contribution < -0.4 is 0 Å². The molecule has 0 saturated carbocycles. The van der Waals surface area contributed by atoms with Crippen LogP contribution in [0.15, 0.2) is 42.9 Å². The highest BCUT2D eigenvalue weighted by Crippen LogP contribution is 2.36. The molecule has 1 aromatic carbocycles. The number of hydrogen-bond donors (Lipinski definition) is 2. The van der Waals surface area contributed by atoms with Gasteiger partial charge in [0.05, 0.1) is 24.7 Å². The van der Waals surface area contributed by atoms with E-state index in [0.717, 1.165) is 18.5 Å². The van der Waals surface area contributed by atoms with Crippen molar-refractivity contribution in [3.63, 3.8) is 0 Å². The second kappa shape index (κ2) is 10.0. The third kappa shape index (κ3) is 5.23. The third-order valence-electron chi connectivity index (χ3n) is 5.94. The molecule has 0 radical (unpaired) electrons. The van der Waals surface area contributed by atoms with Crippen molar-refractivity contribution >= 4 is 5.97 Å². The third-order valence-corrected chi connectivity index (χ3v) is 5.94. The Labute approximate surface area is 171 Å². The fourth-order valence-corrected chi connectivity index (χ4v) is 4.21. The lowest BCUT2D eigenvalue weighted by molar-refractivity contribution is -0.164. The lowest BCUT2D eigenvalue weighted by atomic mass is 9.73. The number of hydrogen-bond acceptors (Lipinski definition) is 5. The number of likely N-dealkylation sites (tertiary alicyclic amines) is 1. The lowest BCUT2D eigenvalue weighted by Gasteiger charge is -2.43. The number of aliphatic hydroxyl groups excluding tert-OH is 1. The van der Waals surface area contributed by atoms with Crippen LogP contribution in [-0.4, -0.2) is 63.5 Å². The summed E-state index contributed by atoms with van der Waals surface area (Å²) in [5.74, 6) is -0.907. The number of aryl methyl sites for hydroxylation is 1. The van der Waals surface area contributed by atoms with Crippen molar-refractivity contribution in [1.29, 1.82) is 0 Å². The average molecular weight is 402 g/mol. The van der Waals surface area contributed by atoms with E-state index in [-0.39, 0.29) is 0 Å². The molecule has 0 bridgehead atoms. The van der Waals surface area contributed by atoms with Crippen LogP contribution in [0.1, 0.15) is 30.5 Å². The zero-order chi connectivity index (χ0) is 20.7. The number of carbonyl (C=O) groups is 1. The maximum atomic E-state index is 12.3. The second-order valence-corrected chi connectivity index (χ2v) is 7.89. The fraction of sp³-hybridized carbons (Fsp3) is 0.545. The van der Waals surface area contributed by atoms with Crippen molar-refractivity contribution in [2.24, 2.45) is 5.41 Å². The van der Waals surface area contributed by atoms with Crippen LogP contribution in [-0.2, 0) is 29.0 Å². The van der Waals surface area contributed by atoms with Crippen molar-refractivity contribution in [2.75, 3.05) is 26.8 Å². The Hall–Kier alpha value is -2.22. The van der Waals surface area contributed by atoms with Crippen LogP contribution in [0.5, 0.6) is 0 Å². The van der Waals surface area contributed by atoms with Crippen LogP contribution in [0, 0.1) is 5.41 Å². The molecule has 1 aromatic heterocycles. The van der Waals surface area contributed by atoms with Crippen LogP contribution in [0.4, 0.5) is 0 Å². The van der Waals surface area contributed by atoms with E-state index in [0.29, 0.717) is 45.6 Å². The zero-order valence-corrected chi connectivity index (χ0v) is 17.0. The van der Waals surface area contributed by atoms with Crippen molar-refractivity contribution in [2.45, 2.75) is 44.9 Å². The number of imidazole rings is 1. The minimum absolute atomic E-state index is 0.341. The van der Waals surface area contributed by atoms with Crippen LogP contribution in [0.25, 0.3) is 0 Å². The van der Waals surface area contributed by atoms with Gasteiger partial charge in [-0.15, -0.1) is 0 Å². The van der Waals surface area contributed by atoms with Gasteiger partial charge < -0.3 is 19.5 Å². The summed E-state index contributed by atoms with van der Waals surface area (Å²) >= 11 is 0. The number of piperidine rings is 1. The van der Waals surface area contributed by atoms with E-state index in [1.165, 1.54) is 5.56 Å². The topological polar surface area (TPSA) is 87.8 Å². The number of carboxylic acid groups (broad SMARTS) is 1. The summed E-state index contributed by atoms with van der Waals surface area (Å²) < 4.78 is 7.18. The minimum atomic E-state index is -1.13. The molecule has 2 heterocycles. The van der Waals surface area contributed by atoms with Crippen molar-refractivity contribution in [1.82, 2.24) is 14.5 Å². The summed E-state index contributed by atoms with van der Waals surface area (Å²) in [5, 5.41) is 20.7. The monoisotopic (exact) mass is 401 g/mol. The quantitative estimate of drug-likeness (QED) is 0.635. The van der Waals surface area contributed by atoms with Gasteiger partial charge in [0.1, 0.15) is 5.41 Å². The van der Waals surface area contributed by atoms with Crippen LogP contribution in [0.3, 0.4) is 0 Å². The Morgan fingerprint density at radius 2 is 2.14 bits per heavy atom. The molecule has 0 unspecified atom stereocenters. The summed E-state index contributed by atoms with van der Waals surface area (Å²) in [6, 6.07) is 10.1. The van der Waals surface area contributed by atoms with E-state index in [2.05, 4.69) is 22.0 Å². The molecular formula is C22H31N3O4. The molecule has 1 aliphatic heterocycles. The lowest BCUT2D eigenvalue weighted by Crippen LogP contribution is -2.55. The Morgan fingerprint density at radius 1 is 1.34 bits per heavy atom. The molecule has 2 aromatic rings. The molecule has 0 aliphatic carbocycles. The molecule has 2 N–H and O–H groups in total. The average Bonchev–Trinajstić information content (AvgIpc) is 3.16. The van der Waals surface area contributed by atoms with Crippen molar-refractivity contribution < 1.29 is 19.7 Å². The van der Waals surface area contributed by atoms with E-state index in [4.69, 9.17) is 4.74 Å². The smallest absolute Gasteiger partial charge is 0.313 e. The van der Waals surface area contributed by atoms with Gasteiger partial charge in [-0.1, -0.05) is 30.3 Å². The van der Waals surface area contributed by atoms with Gasteiger partial charge in [0, 0.05) is 39.5 Å². The van der Waals surface area contributed by atoms with Crippen molar-refractivity contribution in [3.8, 4) is 0 Å². The van der Waals surface area contributed by atoms with E-state index in [9.17, 15) is 15.0 Å². The predicted molar refractivity (Wildman–Crippen MR) is 109 cm³/mol. The van der Waals surface area contributed by atoms with Crippen molar-refractivity contribution in [3.05, 3.63) is 54.1 Å². The molecule has 1 aliphatic rings. The molecule has 2 atom stereocenters. The van der Waals surface area contributed by atoms with Gasteiger partial charge in [0.15, 0.2) is 0 Å². The standard InChI is InChI=1S/C22H31N3O4/c1-29-13-12-25-17-23-14-19(25)15-24-11-9-20(26)22(16-24,21(27)28)10-5-8-18-6-3-2-4-7-18/h2-4,6-7,14,17,20,26H,5,8-13,15-16H2,1H3,(H,27,28)/t20-,22-/m1/s1. The highest BCUT2D eigenvalue weighted by molar-refractivity contribution is 5.76. The molecule has 1 fully saturated rings. The fourth-order valence-electron chi connectivity index (χ4n) is 4.21. The summed E-state index contributed by atoms with van der Waals surface area (Å²) in [6.45, 7) is 2.94. The number of benzene rings is 1. The van der Waals surface area contributed by atoms with Gasteiger partial charge >= 0.3 is 5.97 Å². The number of aliphatic hydroxyl groups is 1. The molecular weight excluding hydrogens is 370 g/mol. The molecule has 0 amide bonds. The largest absolute Gasteiger partial charge is 0.481 e. The number of ether oxygens (including phenoxy) is 1. The summed E-state index contributed by atoms with van der Waals surface area (Å²) in [7, 11) is 1.67. The van der Waals surface area contributed by atoms with E-state index in [1.807, 2.05) is 29.0 Å². The number of methoxy groups -OCH3 is 1. The Morgan fingerprint density at radius 3 is 2.86 bits per heavy atom. The first-order chi connectivity index (χ1) is 14.0. The number of aliphatic carboxylic acids is 1. The minimum Gasteiger partial charge on any atom is -0.481 e. The SMILES string of the molecule is COCCn1cncc1CN1CC[C@@H](O)[C@](CCCc2ccccc2)(C(=O)O)C1. The first-order valence-corrected chi connectivity index (χ1v) is 10.2. The highest BCUT2D eigenvalue weighted by atomic mass is 16.5. The maximum absolute atomic E-state index is 12.3. The van der Waals surface area contributed by atoms with Gasteiger partial charge in [-0.25, -0.2) is 4.98 Å². The molecule has 7 nitrogen and oxygen atoms in total. The normalized spacial score (nSPS) is 22.6. The summed E-state index contributed by atoms with van der Waals surface area (Å²) in [6.07, 6.45) is 5.22. The molecule has 29 heavy (non-hydrogen) atoms. The van der Waals surface area contributed by atoms with Gasteiger partial charge in [-0.2, -0.15) is 0 Å². The zero-order valence-electron chi connectivity index (χ0n) is 17.0. The molecule has 1 saturated heterocycles. The van der Waals surface area contributed by atoms with E-state index in [1.54, 1.807) is 13.4 Å². The summed E-state index contributed by atoms with van der Waals surface area (Å²) in [4.78, 5) is 18.6. The molecule has 0 spiro atoms. The highest BCUT2D eigenvalue weighted by Gasteiger charge is 2.48. The Kier molecular flexibility index (Phi) is 7.41. The molecule has 158 valence electrons. The Bertz CT molecular complexity index is 779. The van der Waals surface area contributed by atoms with Gasteiger partial charge in [0.2, 0.25) is 0 Å².